The molecule has 0 aliphatic carbocycles. The zero-order valence-corrected chi connectivity index (χ0v) is 15.4. The van der Waals surface area contributed by atoms with Crippen molar-refractivity contribution in [3.8, 4) is 5.82 Å². The first-order chi connectivity index (χ1) is 13.2. The molecule has 0 bridgehead atoms. The van der Waals surface area contributed by atoms with E-state index in [0.717, 1.165) is 41.0 Å². The van der Waals surface area contributed by atoms with Crippen LogP contribution in [0.1, 0.15) is 42.0 Å². The molecule has 2 aromatic heterocycles. The number of benzene rings is 1. The van der Waals surface area contributed by atoms with Gasteiger partial charge in [0.15, 0.2) is 5.82 Å². The molecule has 4 rings (SSSR count). The molecule has 1 atom stereocenters. The van der Waals surface area contributed by atoms with Gasteiger partial charge in [-0.2, -0.15) is 5.10 Å². The molecule has 1 aliphatic rings. The van der Waals surface area contributed by atoms with Crippen LogP contribution in [-0.2, 0) is 11.3 Å². The van der Waals surface area contributed by atoms with Gasteiger partial charge in [0.1, 0.15) is 0 Å². The molecule has 2 N–H and O–H groups in total. The van der Waals surface area contributed by atoms with E-state index >= 15 is 0 Å². The van der Waals surface area contributed by atoms with Gasteiger partial charge in [-0.3, -0.25) is 4.79 Å². The lowest BCUT2D eigenvalue weighted by Crippen LogP contribution is -2.32. The average molecular weight is 361 g/mol. The fourth-order valence-corrected chi connectivity index (χ4v) is 3.48. The molecule has 3 heterocycles. The maximum absolute atomic E-state index is 11.6. The van der Waals surface area contributed by atoms with Crippen LogP contribution in [0.2, 0.25) is 0 Å². The SMILES string of the molecule is Cc1cc(CNc2cccc(C3CCCC(=O)N3)c2)cnc1-n1cccn1. The second kappa shape index (κ2) is 7.61. The average Bonchev–Trinajstić information content (AvgIpc) is 3.21. The zero-order chi connectivity index (χ0) is 18.6. The van der Waals surface area contributed by atoms with Gasteiger partial charge in [0, 0.05) is 37.2 Å². The Bertz CT molecular complexity index is 936. The Balaban J connectivity index is 1.44. The van der Waals surface area contributed by atoms with E-state index in [1.807, 2.05) is 37.5 Å². The molecule has 1 saturated heterocycles. The summed E-state index contributed by atoms with van der Waals surface area (Å²) in [6.45, 7) is 2.73. The Morgan fingerprint density at radius 3 is 3.00 bits per heavy atom. The lowest BCUT2D eigenvalue weighted by atomic mass is 9.97. The van der Waals surface area contributed by atoms with Crippen LogP contribution in [-0.4, -0.2) is 20.7 Å². The Morgan fingerprint density at radius 2 is 2.22 bits per heavy atom. The van der Waals surface area contributed by atoms with E-state index in [2.05, 4.69) is 38.9 Å². The molecule has 6 nitrogen and oxygen atoms in total. The minimum atomic E-state index is 0.116. The highest BCUT2D eigenvalue weighted by molar-refractivity contribution is 5.77. The summed E-state index contributed by atoms with van der Waals surface area (Å²) < 4.78 is 1.77. The largest absolute Gasteiger partial charge is 0.381 e. The molecule has 0 radical (unpaired) electrons. The van der Waals surface area contributed by atoms with Crippen LogP contribution in [0.15, 0.2) is 55.0 Å². The normalized spacial score (nSPS) is 16.8. The number of rotatable bonds is 5. The van der Waals surface area contributed by atoms with Crippen LogP contribution in [0, 0.1) is 6.92 Å². The number of carbonyl (C=O) groups excluding carboxylic acids is 1. The first-order valence-electron chi connectivity index (χ1n) is 9.28. The van der Waals surface area contributed by atoms with Crippen molar-refractivity contribution in [2.75, 3.05) is 5.32 Å². The number of hydrogen-bond donors (Lipinski definition) is 2. The molecule has 138 valence electrons. The molecule has 3 aromatic rings. The molecule has 0 spiro atoms. The number of aryl methyl sites for hydroxylation is 1. The van der Waals surface area contributed by atoms with Gasteiger partial charge in [0.2, 0.25) is 5.91 Å². The van der Waals surface area contributed by atoms with Crippen LogP contribution in [0.4, 0.5) is 5.69 Å². The van der Waals surface area contributed by atoms with Gasteiger partial charge >= 0.3 is 0 Å². The summed E-state index contributed by atoms with van der Waals surface area (Å²) in [5, 5.41) is 10.8. The first kappa shape index (κ1) is 17.3. The summed E-state index contributed by atoms with van der Waals surface area (Å²) in [6.07, 6.45) is 8.09. The Labute approximate surface area is 158 Å². The Morgan fingerprint density at radius 1 is 1.30 bits per heavy atom. The van der Waals surface area contributed by atoms with Crippen molar-refractivity contribution in [1.29, 1.82) is 0 Å². The topological polar surface area (TPSA) is 71.8 Å². The van der Waals surface area contributed by atoms with Crippen LogP contribution in [0.5, 0.6) is 0 Å². The summed E-state index contributed by atoms with van der Waals surface area (Å²) in [7, 11) is 0. The predicted molar refractivity (Wildman–Crippen MR) is 105 cm³/mol. The molecule has 1 aromatic carbocycles. The third-order valence-corrected chi connectivity index (χ3v) is 4.85. The minimum absolute atomic E-state index is 0.116. The molecule has 0 saturated carbocycles. The lowest BCUT2D eigenvalue weighted by molar-refractivity contribution is -0.123. The van der Waals surface area contributed by atoms with E-state index in [4.69, 9.17) is 0 Å². The maximum atomic E-state index is 11.6. The summed E-state index contributed by atoms with van der Waals surface area (Å²) in [5.41, 5.74) is 4.38. The Kier molecular flexibility index (Phi) is 4.87. The summed E-state index contributed by atoms with van der Waals surface area (Å²) in [6, 6.07) is 12.4. The highest BCUT2D eigenvalue weighted by Crippen LogP contribution is 2.25. The van der Waals surface area contributed by atoms with Gasteiger partial charge in [-0.1, -0.05) is 12.1 Å². The standard InChI is InChI=1S/C21H23N5O/c1-15-11-16(14-23-21(15)26-10-4-9-24-26)13-22-18-6-2-5-17(12-18)19-7-3-8-20(27)25-19/h2,4-6,9-12,14,19,22H,3,7-8,13H2,1H3,(H,25,27). The van der Waals surface area contributed by atoms with Gasteiger partial charge < -0.3 is 10.6 Å². The molecule has 1 aliphatic heterocycles. The Hall–Kier alpha value is -3.15. The van der Waals surface area contributed by atoms with Crippen molar-refractivity contribution in [2.45, 2.75) is 38.8 Å². The third-order valence-electron chi connectivity index (χ3n) is 4.85. The summed E-state index contributed by atoms with van der Waals surface area (Å²) in [4.78, 5) is 16.2. The summed E-state index contributed by atoms with van der Waals surface area (Å²) >= 11 is 0. The zero-order valence-electron chi connectivity index (χ0n) is 15.4. The molecular formula is C21H23N5O. The van der Waals surface area contributed by atoms with Gasteiger partial charge in [0.05, 0.1) is 6.04 Å². The fourth-order valence-electron chi connectivity index (χ4n) is 3.48. The highest BCUT2D eigenvalue weighted by Gasteiger charge is 2.19. The van der Waals surface area contributed by atoms with Crippen molar-refractivity contribution >= 4 is 11.6 Å². The number of aromatic nitrogens is 3. The number of carbonyl (C=O) groups is 1. The number of anilines is 1. The second-order valence-electron chi connectivity index (χ2n) is 6.93. The number of nitrogens with one attached hydrogen (secondary N) is 2. The third kappa shape index (κ3) is 4.00. The van der Waals surface area contributed by atoms with E-state index in [0.29, 0.717) is 13.0 Å². The van der Waals surface area contributed by atoms with Gasteiger partial charge in [0.25, 0.3) is 0 Å². The molecule has 1 amide bonds. The van der Waals surface area contributed by atoms with Crippen LogP contribution in [0.25, 0.3) is 5.82 Å². The van der Waals surface area contributed by atoms with Crippen LogP contribution in [0.3, 0.4) is 0 Å². The quantitative estimate of drug-likeness (QED) is 0.729. The predicted octanol–water partition coefficient (Wildman–Crippen LogP) is 3.53. The molecular weight excluding hydrogens is 338 g/mol. The highest BCUT2D eigenvalue weighted by atomic mass is 16.1. The van der Waals surface area contributed by atoms with E-state index in [1.54, 1.807) is 10.9 Å². The molecule has 27 heavy (non-hydrogen) atoms. The van der Waals surface area contributed by atoms with Gasteiger partial charge in [-0.05, 0) is 60.7 Å². The smallest absolute Gasteiger partial charge is 0.220 e. The molecule has 1 unspecified atom stereocenters. The van der Waals surface area contributed by atoms with E-state index < -0.39 is 0 Å². The van der Waals surface area contributed by atoms with Gasteiger partial charge in [-0.25, -0.2) is 9.67 Å². The first-order valence-corrected chi connectivity index (χ1v) is 9.28. The monoisotopic (exact) mass is 361 g/mol. The van der Waals surface area contributed by atoms with Crippen molar-refractivity contribution in [3.05, 3.63) is 71.7 Å². The van der Waals surface area contributed by atoms with E-state index in [-0.39, 0.29) is 11.9 Å². The summed E-state index contributed by atoms with van der Waals surface area (Å²) in [5.74, 6) is 0.988. The second-order valence-corrected chi connectivity index (χ2v) is 6.93. The fraction of sp³-hybridized carbons (Fsp3) is 0.286. The van der Waals surface area contributed by atoms with Crippen molar-refractivity contribution in [2.24, 2.45) is 0 Å². The van der Waals surface area contributed by atoms with Crippen LogP contribution >= 0.6 is 0 Å². The van der Waals surface area contributed by atoms with Gasteiger partial charge in [-0.15, -0.1) is 0 Å². The number of nitrogens with zero attached hydrogens (tertiary/aromatic N) is 3. The maximum Gasteiger partial charge on any atom is 0.220 e. The number of pyridine rings is 1. The van der Waals surface area contributed by atoms with Crippen molar-refractivity contribution in [3.63, 3.8) is 0 Å². The molecule has 1 fully saturated rings. The van der Waals surface area contributed by atoms with Crippen molar-refractivity contribution < 1.29 is 4.79 Å². The number of amides is 1. The number of piperidine rings is 1. The minimum Gasteiger partial charge on any atom is -0.381 e. The van der Waals surface area contributed by atoms with Crippen molar-refractivity contribution in [1.82, 2.24) is 20.1 Å². The van der Waals surface area contributed by atoms with E-state index in [1.165, 1.54) is 0 Å². The lowest BCUT2D eigenvalue weighted by Gasteiger charge is -2.24. The molecule has 6 heteroatoms. The number of hydrogen-bond acceptors (Lipinski definition) is 4. The van der Waals surface area contributed by atoms with E-state index in [9.17, 15) is 4.79 Å². The van der Waals surface area contributed by atoms with Crippen LogP contribution < -0.4 is 10.6 Å².